The average molecular weight is 251 g/mol. The first-order chi connectivity index (χ1) is 8.86. The van der Waals surface area contributed by atoms with Crippen molar-refractivity contribution in [2.24, 2.45) is 0 Å². The van der Waals surface area contributed by atoms with Gasteiger partial charge in [-0.3, -0.25) is 0 Å². The molecule has 0 bridgehead atoms. The topological polar surface area (TPSA) is 29.9 Å². The third kappa shape index (κ3) is 6.80. The zero-order chi connectivity index (χ0) is 13.1. The molecule has 18 heavy (non-hydrogen) atoms. The zero-order valence-corrected chi connectivity index (χ0v) is 12.1. The predicted octanol–water partition coefficient (Wildman–Crippen LogP) is 3.74. The Morgan fingerprint density at radius 3 is 2.39 bits per heavy atom. The van der Waals surface area contributed by atoms with E-state index in [1.54, 1.807) is 0 Å². The molecule has 0 spiro atoms. The van der Waals surface area contributed by atoms with E-state index in [0.29, 0.717) is 0 Å². The molecule has 0 aliphatic carbocycles. The van der Waals surface area contributed by atoms with Gasteiger partial charge in [0.05, 0.1) is 12.0 Å². The molecular weight excluding hydrogens is 222 g/mol. The van der Waals surface area contributed by atoms with Crippen LogP contribution in [0.1, 0.15) is 64.0 Å². The van der Waals surface area contributed by atoms with Gasteiger partial charge in [0.15, 0.2) is 0 Å². The molecule has 0 atom stereocenters. The summed E-state index contributed by atoms with van der Waals surface area (Å²) in [6.45, 7) is 4.25. The Balaban J connectivity index is 1.96. The van der Waals surface area contributed by atoms with E-state index < -0.39 is 0 Å². The highest BCUT2D eigenvalue weighted by atomic mass is 15.0. The van der Waals surface area contributed by atoms with Crippen molar-refractivity contribution >= 4 is 0 Å². The van der Waals surface area contributed by atoms with Crippen LogP contribution in [-0.4, -0.2) is 16.6 Å². The lowest BCUT2D eigenvalue weighted by Crippen LogP contribution is -2.05. The zero-order valence-electron chi connectivity index (χ0n) is 12.1. The van der Waals surface area contributed by atoms with Gasteiger partial charge < -0.3 is 9.88 Å². The Bertz CT molecular complexity index is 294. The third-order valence-corrected chi connectivity index (χ3v) is 3.31. The smallest absolute Gasteiger partial charge is 0.0949 e. The number of hydrogen-bond acceptors (Lipinski definition) is 2. The summed E-state index contributed by atoms with van der Waals surface area (Å²) in [5.74, 6) is 0. The van der Waals surface area contributed by atoms with Crippen LogP contribution >= 0.6 is 0 Å². The van der Waals surface area contributed by atoms with Crippen molar-refractivity contribution in [3.05, 3.63) is 18.2 Å². The normalized spacial score (nSPS) is 11.0. The lowest BCUT2D eigenvalue weighted by molar-refractivity contribution is 0.543. The molecule has 0 saturated carbocycles. The van der Waals surface area contributed by atoms with Crippen LogP contribution in [-0.2, 0) is 13.1 Å². The fourth-order valence-electron chi connectivity index (χ4n) is 2.23. The number of imidazole rings is 1. The highest BCUT2D eigenvalue weighted by Crippen LogP contribution is 2.09. The fraction of sp³-hybridized carbons (Fsp3) is 0.800. The molecule has 1 heterocycles. The SMILES string of the molecule is CCCCCCCCCCn1cnc(CNC)c1. The van der Waals surface area contributed by atoms with E-state index in [4.69, 9.17) is 0 Å². The highest BCUT2D eigenvalue weighted by molar-refractivity contribution is 4.95. The van der Waals surface area contributed by atoms with Crippen LogP contribution in [0.3, 0.4) is 0 Å². The highest BCUT2D eigenvalue weighted by Gasteiger charge is 1.97. The van der Waals surface area contributed by atoms with Crippen LogP contribution in [0.2, 0.25) is 0 Å². The molecule has 0 aromatic carbocycles. The summed E-state index contributed by atoms with van der Waals surface area (Å²) < 4.78 is 2.21. The Morgan fingerprint density at radius 2 is 1.72 bits per heavy atom. The minimum atomic E-state index is 0.866. The number of hydrogen-bond donors (Lipinski definition) is 1. The summed E-state index contributed by atoms with van der Waals surface area (Å²) in [7, 11) is 1.96. The Kier molecular flexibility index (Phi) is 8.57. The van der Waals surface area contributed by atoms with Gasteiger partial charge in [0.2, 0.25) is 0 Å². The molecule has 0 saturated heterocycles. The minimum absolute atomic E-state index is 0.866. The van der Waals surface area contributed by atoms with E-state index >= 15 is 0 Å². The van der Waals surface area contributed by atoms with Crippen molar-refractivity contribution in [1.82, 2.24) is 14.9 Å². The molecule has 1 aromatic heterocycles. The summed E-state index contributed by atoms with van der Waals surface area (Å²) in [5, 5.41) is 3.12. The van der Waals surface area contributed by atoms with Gasteiger partial charge in [0.1, 0.15) is 0 Å². The summed E-state index contributed by atoms with van der Waals surface area (Å²) in [6, 6.07) is 0. The molecule has 3 heteroatoms. The molecule has 0 aliphatic heterocycles. The van der Waals surface area contributed by atoms with E-state index in [1.165, 1.54) is 51.4 Å². The standard InChI is InChI=1S/C15H29N3/c1-3-4-5-6-7-8-9-10-11-18-13-15(12-16-2)17-14-18/h13-14,16H,3-12H2,1-2H3. The van der Waals surface area contributed by atoms with Gasteiger partial charge in [-0.05, 0) is 13.5 Å². The first-order valence-electron chi connectivity index (χ1n) is 7.52. The Labute approximate surface area is 112 Å². The predicted molar refractivity (Wildman–Crippen MR) is 77.6 cm³/mol. The van der Waals surface area contributed by atoms with E-state index in [1.807, 2.05) is 13.4 Å². The van der Waals surface area contributed by atoms with E-state index in [0.717, 1.165) is 18.8 Å². The molecule has 0 radical (unpaired) electrons. The number of aryl methyl sites for hydroxylation is 1. The summed E-state index contributed by atoms with van der Waals surface area (Å²) in [5.41, 5.74) is 1.14. The molecule has 1 aromatic rings. The summed E-state index contributed by atoms with van der Waals surface area (Å²) in [6.07, 6.45) is 15.1. The monoisotopic (exact) mass is 251 g/mol. The van der Waals surface area contributed by atoms with Gasteiger partial charge in [0.25, 0.3) is 0 Å². The van der Waals surface area contributed by atoms with Crippen LogP contribution in [0.4, 0.5) is 0 Å². The van der Waals surface area contributed by atoms with Crippen molar-refractivity contribution in [2.75, 3.05) is 7.05 Å². The van der Waals surface area contributed by atoms with E-state index in [-0.39, 0.29) is 0 Å². The molecular formula is C15H29N3. The molecule has 0 aliphatic rings. The van der Waals surface area contributed by atoms with Gasteiger partial charge >= 0.3 is 0 Å². The molecule has 104 valence electrons. The molecule has 0 fully saturated rings. The van der Waals surface area contributed by atoms with Crippen LogP contribution in [0, 0.1) is 0 Å². The molecule has 0 amide bonds. The number of unbranched alkanes of at least 4 members (excludes halogenated alkanes) is 7. The average Bonchev–Trinajstić information content (AvgIpc) is 2.81. The fourth-order valence-corrected chi connectivity index (χ4v) is 2.23. The second-order valence-electron chi connectivity index (χ2n) is 5.11. The maximum Gasteiger partial charge on any atom is 0.0949 e. The molecule has 1 N–H and O–H groups in total. The molecule has 1 rings (SSSR count). The number of aromatic nitrogens is 2. The number of nitrogens with zero attached hydrogens (tertiary/aromatic N) is 2. The largest absolute Gasteiger partial charge is 0.337 e. The first-order valence-corrected chi connectivity index (χ1v) is 7.52. The Morgan fingerprint density at radius 1 is 1.06 bits per heavy atom. The Hall–Kier alpha value is -0.830. The van der Waals surface area contributed by atoms with Crippen LogP contribution < -0.4 is 5.32 Å². The number of nitrogens with one attached hydrogen (secondary N) is 1. The van der Waals surface area contributed by atoms with Crippen LogP contribution in [0.15, 0.2) is 12.5 Å². The van der Waals surface area contributed by atoms with Crippen LogP contribution in [0.25, 0.3) is 0 Å². The first kappa shape index (κ1) is 15.2. The van der Waals surface area contributed by atoms with Crippen molar-refractivity contribution in [3.63, 3.8) is 0 Å². The maximum atomic E-state index is 4.36. The van der Waals surface area contributed by atoms with Crippen molar-refractivity contribution in [1.29, 1.82) is 0 Å². The lowest BCUT2D eigenvalue weighted by Gasteiger charge is -2.02. The second kappa shape index (κ2) is 10.1. The summed E-state index contributed by atoms with van der Waals surface area (Å²) in [4.78, 5) is 4.36. The minimum Gasteiger partial charge on any atom is -0.337 e. The van der Waals surface area contributed by atoms with E-state index in [9.17, 15) is 0 Å². The van der Waals surface area contributed by atoms with Gasteiger partial charge in [-0.1, -0.05) is 51.9 Å². The van der Waals surface area contributed by atoms with Gasteiger partial charge in [-0.2, -0.15) is 0 Å². The van der Waals surface area contributed by atoms with Gasteiger partial charge in [-0.15, -0.1) is 0 Å². The van der Waals surface area contributed by atoms with E-state index in [2.05, 4.69) is 28.0 Å². The quantitative estimate of drug-likeness (QED) is 0.607. The van der Waals surface area contributed by atoms with Gasteiger partial charge in [-0.25, -0.2) is 4.98 Å². The van der Waals surface area contributed by atoms with Crippen molar-refractivity contribution in [3.8, 4) is 0 Å². The van der Waals surface area contributed by atoms with Crippen molar-refractivity contribution in [2.45, 2.75) is 71.4 Å². The third-order valence-electron chi connectivity index (χ3n) is 3.31. The molecule has 0 unspecified atom stereocenters. The van der Waals surface area contributed by atoms with Crippen molar-refractivity contribution < 1.29 is 0 Å². The summed E-state index contributed by atoms with van der Waals surface area (Å²) >= 11 is 0. The lowest BCUT2D eigenvalue weighted by atomic mass is 10.1. The van der Waals surface area contributed by atoms with Gasteiger partial charge in [0, 0.05) is 19.3 Å². The maximum absolute atomic E-state index is 4.36. The number of rotatable bonds is 11. The van der Waals surface area contributed by atoms with Crippen LogP contribution in [0.5, 0.6) is 0 Å². The second-order valence-corrected chi connectivity index (χ2v) is 5.11. The molecule has 3 nitrogen and oxygen atoms in total.